The van der Waals surface area contributed by atoms with Crippen molar-refractivity contribution < 1.29 is 0 Å². The fourth-order valence-electron chi connectivity index (χ4n) is 3.68. The maximum atomic E-state index is 2.34. The molecule has 0 aliphatic heterocycles. The standard InChI is InChI=1S/C17H16/c1-2-9-15-13(5-1)11-14-8-3-6-12-7-4-10-16(15)17(12)14/h1-3,5-6,8-9,16H,4,7,10-11H2. The van der Waals surface area contributed by atoms with Crippen LogP contribution in [0.1, 0.15) is 46.6 Å². The molecule has 0 amide bonds. The molecule has 0 spiro atoms. The van der Waals surface area contributed by atoms with E-state index in [2.05, 4.69) is 42.5 Å². The third kappa shape index (κ3) is 1.30. The summed E-state index contributed by atoms with van der Waals surface area (Å²) in [5.41, 5.74) is 7.98. The summed E-state index contributed by atoms with van der Waals surface area (Å²) in [7, 11) is 0. The molecule has 2 aliphatic carbocycles. The lowest BCUT2D eigenvalue weighted by Gasteiger charge is -2.33. The van der Waals surface area contributed by atoms with E-state index in [0.717, 1.165) is 6.42 Å². The molecular formula is C17H16. The highest BCUT2D eigenvalue weighted by Gasteiger charge is 2.29. The highest BCUT2D eigenvalue weighted by atomic mass is 14.3. The predicted octanol–water partition coefficient (Wildman–Crippen LogP) is 4.06. The van der Waals surface area contributed by atoms with E-state index in [4.69, 9.17) is 0 Å². The number of hydrogen-bond acceptors (Lipinski definition) is 0. The highest BCUT2D eigenvalue weighted by Crippen LogP contribution is 2.44. The van der Waals surface area contributed by atoms with Gasteiger partial charge in [0, 0.05) is 5.92 Å². The van der Waals surface area contributed by atoms with Crippen molar-refractivity contribution in [1.82, 2.24) is 0 Å². The molecule has 1 atom stereocenters. The van der Waals surface area contributed by atoms with Crippen LogP contribution in [-0.4, -0.2) is 0 Å². The van der Waals surface area contributed by atoms with Gasteiger partial charge in [-0.1, -0.05) is 42.5 Å². The number of benzene rings is 2. The van der Waals surface area contributed by atoms with Crippen LogP contribution in [0, 0.1) is 0 Å². The zero-order valence-corrected chi connectivity index (χ0v) is 9.95. The lowest BCUT2D eigenvalue weighted by molar-refractivity contribution is 0.598. The Kier molecular flexibility index (Phi) is 1.93. The minimum absolute atomic E-state index is 0.680. The molecule has 0 radical (unpaired) electrons. The summed E-state index contributed by atoms with van der Waals surface area (Å²) in [4.78, 5) is 0. The van der Waals surface area contributed by atoms with E-state index in [1.807, 2.05) is 0 Å². The van der Waals surface area contributed by atoms with Crippen LogP contribution in [0.15, 0.2) is 42.5 Å². The highest BCUT2D eigenvalue weighted by molar-refractivity contribution is 5.53. The van der Waals surface area contributed by atoms with Gasteiger partial charge < -0.3 is 0 Å². The normalized spacial score (nSPS) is 20.6. The van der Waals surface area contributed by atoms with Gasteiger partial charge in [0.2, 0.25) is 0 Å². The van der Waals surface area contributed by atoms with Crippen LogP contribution < -0.4 is 0 Å². The first-order chi connectivity index (χ1) is 8.43. The second-order valence-corrected chi connectivity index (χ2v) is 5.31. The Morgan fingerprint density at radius 2 is 1.65 bits per heavy atom. The van der Waals surface area contributed by atoms with E-state index in [9.17, 15) is 0 Å². The van der Waals surface area contributed by atoms with Gasteiger partial charge in [0.05, 0.1) is 0 Å². The molecule has 84 valence electrons. The van der Waals surface area contributed by atoms with E-state index in [1.165, 1.54) is 19.3 Å². The van der Waals surface area contributed by atoms with Gasteiger partial charge in [0.25, 0.3) is 0 Å². The molecule has 0 fully saturated rings. The Hall–Kier alpha value is -1.56. The van der Waals surface area contributed by atoms with E-state index in [1.54, 1.807) is 27.8 Å². The Bertz CT molecular complexity index is 580. The zero-order chi connectivity index (χ0) is 11.2. The van der Waals surface area contributed by atoms with Crippen LogP contribution in [0.25, 0.3) is 0 Å². The van der Waals surface area contributed by atoms with Crippen LogP contribution in [0.3, 0.4) is 0 Å². The van der Waals surface area contributed by atoms with E-state index in [-0.39, 0.29) is 0 Å². The Balaban J connectivity index is 1.99. The average Bonchev–Trinajstić information content (AvgIpc) is 2.39. The third-order valence-corrected chi connectivity index (χ3v) is 4.39. The van der Waals surface area contributed by atoms with Crippen LogP contribution in [0.2, 0.25) is 0 Å². The largest absolute Gasteiger partial charge is 0.0620 e. The number of rotatable bonds is 0. The molecule has 2 aromatic rings. The molecule has 2 aromatic carbocycles. The Morgan fingerprint density at radius 1 is 0.824 bits per heavy atom. The zero-order valence-electron chi connectivity index (χ0n) is 9.95. The molecule has 17 heavy (non-hydrogen) atoms. The summed E-state index contributed by atoms with van der Waals surface area (Å²) in [5.74, 6) is 0.680. The van der Waals surface area contributed by atoms with Crippen molar-refractivity contribution in [2.45, 2.75) is 31.6 Å². The lowest BCUT2D eigenvalue weighted by atomic mass is 9.71. The molecular weight excluding hydrogens is 204 g/mol. The Morgan fingerprint density at radius 3 is 2.65 bits per heavy atom. The molecule has 0 bridgehead atoms. The first kappa shape index (κ1) is 9.47. The van der Waals surface area contributed by atoms with Gasteiger partial charge >= 0.3 is 0 Å². The summed E-state index contributed by atoms with van der Waals surface area (Å²) in [5, 5.41) is 0. The van der Waals surface area contributed by atoms with Crippen LogP contribution >= 0.6 is 0 Å². The lowest BCUT2D eigenvalue weighted by Crippen LogP contribution is -2.19. The monoisotopic (exact) mass is 220 g/mol. The van der Waals surface area contributed by atoms with Crippen molar-refractivity contribution in [1.29, 1.82) is 0 Å². The molecule has 0 nitrogen and oxygen atoms in total. The van der Waals surface area contributed by atoms with Gasteiger partial charge in [-0.25, -0.2) is 0 Å². The van der Waals surface area contributed by atoms with Crippen molar-refractivity contribution in [3.8, 4) is 0 Å². The van der Waals surface area contributed by atoms with Crippen molar-refractivity contribution in [3.05, 3.63) is 70.3 Å². The topological polar surface area (TPSA) is 0 Å². The second kappa shape index (κ2) is 3.46. The van der Waals surface area contributed by atoms with Gasteiger partial charge in [-0.3, -0.25) is 0 Å². The van der Waals surface area contributed by atoms with Crippen molar-refractivity contribution in [3.63, 3.8) is 0 Å². The molecule has 0 heterocycles. The average molecular weight is 220 g/mol. The van der Waals surface area contributed by atoms with Crippen molar-refractivity contribution >= 4 is 0 Å². The summed E-state index contributed by atoms with van der Waals surface area (Å²) in [6.45, 7) is 0. The SMILES string of the molecule is c1ccc2c(c1)Cc1cccc3c1C2CCC3. The van der Waals surface area contributed by atoms with E-state index >= 15 is 0 Å². The molecule has 0 saturated heterocycles. The van der Waals surface area contributed by atoms with Gasteiger partial charge in [-0.15, -0.1) is 0 Å². The number of fused-ring (bicyclic) bond motifs is 2. The van der Waals surface area contributed by atoms with Crippen LogP contribution in [0.5, 0.6) is 0 Å². The Labute approximate surface area is 102 Å². The third-order valence-electron chi connectivity index (χ3n) is 4.39. The first-order valence-corrected chi connectivity index (χ1v) is 6.62. The molecule has 0 aromatic heterocycles. The van der Waals surface area contributed by atoms with Crippen molar-refractivity contribution in [2.24, 2.45) is 0 Å². The first-order valence-electron chi connectivity index (χ1n) is 6.62. The maximum Gasteiger partial charge on any atom is 0.00978 e. The second-order valence-electron chi connectivity index (χ2n) is 5.31. The van der Waals surface area contributed by atoms with Gasteiger partial charge in [-0.05, 0) is 53.5 Å². The molecule has 2 aliphatic rings. The maximum absolute atomic E-state index is 2.34. The molecule has 0 heteroatoms. The predicted molar refractivity (Wildman–Crippen MR) is 70.5 cm³/mol. The number of aryl methyl sites for hydroxylation is 1. The number of hydrogen-bond donors (Lipinski definition) is 0. The summed E-state index contributed by atoms with van der Waals surface area (Å²) >= 11 is 0. The summed E-state index contributed by atoms with van der Waals surface area (Å²) < 4.78 is 0. The van der Waals surface area contributed by atoms with Crippen LogP contribution in [0.4, 0.5) is 0 Å². The van der Waals surface area contributed by atoms with Gasteiger partial charge in [-0.2, -0.15) is 0 Å². The smallest absolute Gasteiger partial charge is 0.00978 e. The molecule has 4 rings (SSSR count). The fourth-order valence-corrected chi connectivity index (χ4v) is 3.68. The minimum Gasteiger partial charge on any atom is -0.0620 e. The molecule has 0 saturated carbocycles. The summed E-state index contributed by atoms with van der Waals surface area (Å²) in [6, 6.07) is 15.9. The van der Waals surface area contributed by atoms with Crippen molar-refractivity contribution in [2.75, 3.05) is 0 Å². The fraction of sp³-hybridized carbons (Fsp3) is 0.294. The quantitative estimate of drug-likeness (QED) is 0.628. The van der Waals surface area contributed by atoms with Crippen LogP contribution in [-0.2, 0) is 12.8 Å². The molecule has 1 unspecified atom stereocenters. The minimum atomic E-state index is 0.680. The van der Waals surface area contributed by atoms with Gasteiger partial charge in [0.15, 0.2) is 0 Å². The molecule has 0 N–H and O–H groups in total. The van der Waals surface area contributed by atoms with E-state index in [0.29, 0.717) is 5.92 Å². The van der Waals surface area contributed by atoms with E-state index < -0.39 is 0 Å². The summed E-state index contributed by atoms with van der Waals surface area (Å²) in [6.07, 6.45) is 5.09. The van der Waals surface area contributed by atoms with Gasteiger partial charge in [0.1, 0.15) is 0 Å².